The first kappa shape index (κ1) is 31.7. The van der Waals surface area contributed by atoms with E-state index in [9.17, 15) is 19.2 Å². The number of nitrogens with one attached hydrogen (secondary N) is 4. The molecule has 0 radical (unpaired) electrons. The Morgan fingerprint density at radius 1 is 0.415 bits per heavy atom. The van der Waals surface area contributed by atoms with Gasteiger partial charge in [-0.05, 0) is 104 Å². The molecular formula is C29H48N4O8. The van der Waals surface area contributed by atoms with Gasteiger partial charge in [0, 0.05) is 0 Å². The van der Waals surface area contributed by atoms with Gasteiger partial charge in [0.2, 0.25) is 0 Å². The van der Waals surface area contributed by atoms with Gasteiger partial charge in [-0.15, -0.1) is 0 Å². The van der Waals surface area contributed by atoms with Crippen LogP contribution in [0.15, 0.2) is 0 Å². The second-order valence-corrected chi connectivity index (χ2v) is 12.0. The normalized spacial score (nSPS) is 22.0. The highest BCUT2D eigenvalue weighted by molar-refractivity contribution is 5.74. The minimum atomic E-state index is -1.21. The molecule has 4 rings (SSSR count). The molecule has 0 aromatic heterocycles. The van der Waals surface area contributed by atoms with Crippen LogP contribution in [0.2, 0.25) is 0 Å². The number of esters is 4. The van der Waals surface area contributed by atoms with E-state index in [1.165, 1.54) is 0 Å². The highest BCUT2D eigenvalue weighted by Gasteiger charge is 2.41. The molecule has 41 heavy (non-hydrogen) atoms. The summed E-state index contributed by atoms with van der Waals surface area (Å²) in [5.74, 6) is -2.29. The average Bonchev–Trinajstić information content (AvgIpc) is 3.05. The maximum Gasteiger partial charge on any atom is 0.309 e. The zero-order chi connectivity index (χ0) is 28.9. The Morgan fingerprint density at radius 3 is 0.805 bits per heavy atom. The van der Waals surface area contributed by atoms with Gasteiger partial charge in [0.05, 0.1) is 23.7 Å². The molecule has 0 spiro atoms. The van der Waals surface area contributed by atoms with Crippen LogP contribution in [0.4, 0.5) is 0 Å². The molecule has 0 bridgehead atoms. The summed E-state index contributed by atoms with van der Waals surface area (Å²) in [5, 5.41) is 13.0. The van der Waals surface area contributed by atoms with Crippen LogP contribution in [0.25, 0.3) is 0 Å². The Kier molecular flexibility index (Phi) is 12.6. The van der Waals surface area contributed by atoms with Crippen molar-refractivity contribution in [3.63, 3.8) is 0 Å². The molecular weight excluding hydrogens is 532 g/mol. The van der Waals surface area contributed by atoms with Crippen LogP contribution in [-0.4, -0.2) is 103 Å². The molecule has 0 aliphatic carbocycles. The van der Waals surface area contributed by atoms with E-state index in [0.29, 0.717) is 51.4 Å². The minimum Gasteiger partial charge on any atom is -0.464 e. The molecule has 0 unspecified atom stereocenters. The summed E-state index contributed by atoms with van der Waals surface area (Å²) in [5.41, 5.74) is -1.21. The van der Waals surface area contributed by atoms with E-state index in [0.717, 1.165) is 52.4 Å². The largest absolute Gasteiger partial charge is 0.464 e. The van der Waals surface area contributed by atoms with Gasteiger partial charge in [0.25, 0.3) is 0 Å². The molecule has 12 heteroatoms. The zero-order valence-electron chi connectivity index (χ0n) is 24.2. The monoisotopic (exact) mass is 580 g/mol. The smallest absolute Gasteiger partial charge is 0.309 e. The van der Waals surface area contributed by atoms with Crippen molar-refractivity contribution in [1.82, 2.24) is 21.3 Å². The Bertz CT molecular complexity index is 721. The zero-order valence-corrected chi connectivity index (χ0v) is 24.2. The number of ether oxygens (including phenoxy) is 4. The molecule has 232 valence electrons. The van der Waals surface area contributed by atoms with Gasteiger partial charge in [0.1, 0.15) is 31.8 Å². The number of carbonyl (C=O) groups excluding carboxylic acids is 4. The lowest BCUT2D eigenvalue weighted by Gasteiger charge is -2.34. The summed E-state index contributed by atoms with van der Waals surface area (Å²) in [4.78, 5) is 52.0. The topological polar surface area (TPSA) is 153 Å². The van der Waals surface area contributed by atoms with Gasteiger partial charge in [-0.25, -0.2) is 0 Å². The fraction of sp³-hybridized carbons (Fsp3) is 0.862. The summed E-state index contributed by atoms with van der Waals surface area (Å²) in [7, 11) is 0. The lowest BCUT2D eigenvalue weighted by molar-refractivity contribution is -0.177. The third-order valence-electron chi connectivity index (χ3n) is 8.77. The SMILES string of the molecule is O=C(OCC(COC(=O)C1CCNCC1)(COC(=O)C1CCNCC1)COC(=O)C1CCNCC1)C1CCNCC1. The van der Waals surface area contributed by atoms with E-state index in [2.05, 4.69) is 21.3 Å². The highest BCUT2D eigenvalue weighted by atomic mass is 16.6. The van der Waals surface area contributed by atoms with E-state index in [1.54, 1.807) is 0 Å². The van der Waals surface area contributed by atoms with Crippen molar-refractivity contribution >= 4 is 23.9 Å². The summed E-state index contributed by atoms with van der Waals surface area (Å²) >= 11 is 0. The van der Waals surface area contributed by atoms with Crippen molar-refractivity contribution in [2.24, 2.45) is 29.1 Å². The number of rotatable bonds is 12. The van der Waals surface area contributed by atoms with Gasteiger partial charge in [0.15, 0.2) is 0 Å². The molecule has 4 aliphatic rings. The number of carbonyl (C=O) groups is 4. The van der Waals surface area contributed by atoms with E-state index in [-0.39, 0.29) is 74.0 Å². The van der Waals surface area contributed by atoms with Crippen LogP contribution in [-0.2, 0) is 38.1 Å². The first-order valence-corrected chi connectivity index (χ1v) is 15.5. The van der Waals surface area contributed by atoms with Crippen LogP contribution in [0, 0.1) is 29.1 Å². The first-order valence-electron chi connectivity index (χ1n) is 15.5. The second-order valence-electron chi connectivity index (χ2n) is 12.0. The molecule has 0 aromatic carbocycles. The molecule has 0 saturated carbocycles. The summed E-state index contributed by atoms with van der Waals surface area (Å²) in [6.45, 7) is 5.15. The van der Waals surface area contributed by atoms with Crippen LogP contribution in [0.1, 0.15) is 51.4 Å². The Hall–Kier alpha value is -2.28. The van der Waals surface area contributed by atoms with E-state index in [4.69, 9.17) is 18.9 Å². The highest BCUT2D eigenvalue weighted by Crippen LogP contribution is 2.27. The van der Waals surface area contributed by atoms with Gasteiger partial charge < -0.3 is 40.2 Å². The first-order chi connectivity index (χ1) is 20.0. The third-order valence-corrected chi connectivity index (χ3v) is 8.77. The fourth-order valence-electron chi connectivity index (χ4n) is 5.85. The van der Waals surface area contributed by atoms with Crippen molar-refractivity contribution in [1.29, 1.82) is 0 Å². The second kappa shape index (κ2) is 16.4. The minimum absolute atomic E-state index is 0.186. The lowest BCUT2D eigenvalue weighted by atomic mass is 9.90. The maximum atomic E-state index is 13.0. The summed E-state index contributed by atoms with van der Waals surface area (Å²) < 4.78 is 23.2. The molecule has 4 saturated heterocycles. The lowest BCUT2D eigenvalue weighted by Crippen LogP contribution is -2.46. The molecule has 4 N–H and O–H groups in total. The quantitative estimate of drug-likeness (QED) is 0.183. The summed E-state index contributed by atoms with van der Waals surface area (Å²) in [6, 6.07) is 0. The Morgan fingerprint density at radius 2 is 0.610 bits per heavy atom. The number of piperidine rings is 4. The van der Waals surface area contributed by atoms with Crippen LogP contribution >= 0.6 is 0 Å². The predicted octanol–water partition coefficient (Wildman–Crippen LogP) is 0.144. The molecule has 4 fully saturated rings. The Labute approximate surface area is 242 Å². The molecule has 0 atom stereocenters. The predicted molar refractivity (Wildman–Crippen MR) is 149 cm³/mol. The molecule has 0 amide bonds. The average molecular weight is 581 g/mol. The van der Waals surface area contributed by atoms with Crippen molar-refractivity contribution in [2.75, 3.05) is 78.8 Å². The maximum absolute atomic E-state index is 13.0. The van der Waals surface area contributed by atoms with Crippen LogP contribution in [0.3, 0.4) is 0 Å². The van der Waals surface area contributed by atoms with Crippen molar-refractivity contribution in [2.45, 2.75) is 51.4 Å². The van der Waals surface area contributed by atoms with Gasteiger partial charge in [-0.3, -0.25) is 19.2 Å². The molecule has 4 heterocycles. The van der Waals surface area contributed by atoms with Crippen molar-refractivity contribution in [3.8, 4) is 0 Å². The third kappa shape index (κ3) is 9.90. The van der Waals surface area contributed by atoms with Crippen LogP contribution < -0.4 is 21.3 Å². The van der Waals surface area contributed by atoms with Crippen molar-refractivity contribution < 1.29 is 38.1 Å². The number of hydrogen-bond donors (Lipinski definition) is 4. The van der Waals surface area contributed by atoms with Crippen LogP contribution in [0.5, 0.6) is 0 Å². The molecule has 0 aromatic rings. The fourth-order valence-corrected chi connectivity index (χ4v) is 5.85. The van der Waals surface area contributed by atoms with E-state index < -0.39 is 5.41 Å². The molecule has 4 aliphatic heterocycles. The van der Waals surface area contributed by atoms with Crippen molar-refractivity contribution in [3.05, 3.63) is 0 Å². The van der Waals surface area contributed by atoms with Gasteiger partial charge >= 0.3 is 23.9 Å². The molecule has 12 nitrogen and oxygen atoms in total. The van der Waals surface area contributed by atoms with Gasteiger partial charge in [-0.1, -0.05) is 0 Å². The number of hydrogen-bond acceptors (Lipinski definition) is 12. The van der Waals surface area contributed by atoms with Gasteiger partial charge in [-0.2, -0.15) is 0 Å². The van der Waals surface area contributed by atoms with E-state index in [1.807, 2.05) is 0 Å². The standard InChI is InChI=1S/C29H48N4O8/c34-25(21-1-9-30-10-2-21)38-17-29(18-39-26(35)22-3-11-31-12-4-22,19-40-27(36)23-5-13-32-14-6-23)20-41-28(37)24-7-15-33-16-8-24/h21-24,30-33H,1-20H2. The Balaban J connectivity index is 1.47. The summed E-state index contributed by atoms with van der Waals surface area (Å²) in [6.07, 6.45) is 5.38. The van der Waals surface area contributed by atoms with E-state index >= 15 is 0 Å².